The molecule has 0 aliphatic carbocycles. The molecule has 0 bridgehead atoms. The zero-order valence-electron chi connectivity index (χ0n) is 15.6. The minimum absolute atomic E-state index is 0.0529. The van der Waals surface area contributed by atoms with Crippen molar-refractivity contribution >= 4 is 11.9 Å². The van der Waals surface area contributed by atoms with Crippen molar-refractivity contribution in [1.82, 2.24) is 9.80 Å². The number of carbonyl (C=O) groups is 2. The van der Waals surface area contributed by atoms with Crippen LogP contribution >= 0.6 is 0 Å². The van der Waals surface area contributed by atoms with Gasteiger partial charge in [0.25, 0.3) is 0 Å². The second-order valence-electron chi connectivity index (χ2n) is 6.92. The second kappa shape index (κ2) is 10.9. The molecule has 26 heavy (non-hydrogen) atoms. The number of ether oxygens (including phenoxy) is 1. The fourth-order valence-corrected chi connectivity index (χ4v) is 3.36. The van der Waals surface area contributed by atoms with Gasteiger partial charge in [-0.3, -0.25) is 14.5 Å². The lowest BCUT2D eigenvalue weighted by Gasteiger charge is -2.25. The van der Waals surface area contributed by atoms with Crippen molar-refractivity contribution in [3.05, 3.63) is 35.9 Å². The van der Waals surface area contributed by atoms with Crippen molar-refractivity contribution < 1.29 is 19.4 Å². The number of carboxylic acid groups (broad SMARTS) is 1. The Labute approximate surface area is 155 Å². The van der Waals surface area contributed by atoms with Gasteiger partial charge in [0.1, 0.15) is 0 Å². The van der Waals surface area contributed by atoms with Crippen LogP contribution in [0.1, 0.15) is 37.7 Å². The number of rotatable bonds is 9. The highest BCUT2D eigenvalue weighted by Gasteiger charge is 2.23. The van der Waals surface area contributed by atoms with Crippen molar-refractivity contribution in [3.63, 3.8) is 0 Å². The van der Waals surface area contributed by atoms with Crippen molar-refractivity contribution in [1.29, 1.82) is 0 Å². The monoisotopic (exact) mass is 362 g/mol. The molecule has 1 atom stereocenters. The quantitative estimate of drug-likeness (QED) is 0.683. The standard InChI is InChI=1S/C20H30N2O4/c1-21(15-20(24)25)18-9-5-12-22(13-11-18)19(23)10-6-14-26-16-17-7-3-2-4-8-17/h2-4,7-8,18H,5-6,9-16H2,1H3,(H,24,25). The summed E-state index contributed by atoms with van der Waals surface area (Å²) >= 11 is 0. The number of amides is 1. The molecule has 1 N–H and O–H groups in total. The molecule has 0 spiro atoms. The molecule has 1 aromatic carbocycles. The maximum Gasteiger partial charge on any atom is 0.317 e. The molecule has 1 unspecified atom stereocenters. The molecule has 144 valence electrons. The number of benzene rings is 1. The van der Waals surface area contributed by atoms with Crippen LogP contribution in [0, 0.1) is 0 Å². The van der Waals surface area contributed by atoms with E-state index in [-0.39, 0.29) is 18.5 Å². The maximum absolute atomic E-state index is 12.4. The summed E-state index contributed by atoms with van der Waals surface area (Å²) in [6.07, 6.45) is 3.92. The van der Waals surface area contributed by atoms with Crippen LogP contribution in [0.5, 0.6) is 0 Å². The van der Waals surface area contributed by atoms with Crippen LogP contribution in [0.2, 0.25) is 0 Å². The fraction of sp³-hybridized carbons (Fsp3) is 0.600. The summed E-state index contributed by atoms with van der Waals surface area (Å²) in [7, 11) is 1.85. The molecule has 1 heterocycles. The number of carbonyl (C=O) groups excluding carboxylic acids is 1. The molecule has 6 heteroatoms. The van der Waals surface area contributed by atoms with Crippen molar-refractivity contribution in [2.24, 2.45) is 0 Å². The van der Waals surface area contributed by atoms with Gasteiger partial charge < -0.3 is 14.7 Å². The Kier molecular flexibility index (Phi) is 8.58. The van der Waals surface area contributed by atoms with Gasteiger partial charge in [-0.1, -0.05) is 30.3 Å². The first-order chi connectivity index (χ1) is 12.6. The third-order valence-corrected chi connectivity index (χ3v) is 4.85. The smallest absolute Gasteiger partial charge is 0.317 e. The first-order valence-electron chi connectivity index (χ1n) is 9.37. The summed E-state index contributed by atoms with van der Waals surface area (Å²) in [5, 5.41) is 8.92. The van der Waals surface area contributed by atoms with Gasteiger partial charge >= 0.3 is 5.97 Å². The van der Waals surface area contributed by atoms with Crippen molar-refractivity contribution in [2.75, 3.05) is 33.3 Å². The van der Waals surface area contributed by atoms with E-state index in [9.17, 15) is 9.59 Å². The summed E-state index contributed by atoms with van der Waals surface area (Å²) in [5.74, 6) is -0.630. The number of carboxylic acids is 1. The molecule has 6 nitrogen and oxygen atoms in total. The van der Waals surface area contributed by atoms with E-state index in [1.165, 1.54) is 0 Å². The molecule has 0 saturated carbocycles. The van der Waals surface area contributed by atoms with Gasteiger partial charge in [-0.15, -0.1) is 0 Å². The molecule has 1 aliphatic rings. The van der Waals surface area contributed by atoms with Gasteiger partial charge in [-0.05, 0) is 38.3 Å². The van der Waals surface area contributed by atoms with E-state index in [4.69, 9.17) is 9.84 Å². The fourth-order valence-electron chi connectivity index (χ4n) is 3.36. The van der Waals surface area contributed by atoms with Crippen LogP contribution in [0.4, 0.5) is 0 Å². The van der Waals surface area contributed by atoms with Crippen LogP contribution in [-0.2, 0) is 20.9 Å². The molecule has 1 aliphatic heterocycles. The van der Waals surface area contributed by atoms with E-state index in [0.29, 0.717) is 26.2 Å². The SMILES string of the molecule is CN(CC(=O)O)C1CCCN(C(=O)CCCOCc2ccccc2)CC1. The Morgan fingerprint density at radius 3 is 2.73 bits per heavy atom. The van der Waals surface area contributed by atoms with Gasteiger partial charge in [0.2, 0.25) is 5.91 Å². The van der Waals surface area contributed by atoms with Gasteiger partial charge in [-0.25, -0.2) is 0 Å². The number of likely N-dealkylation sites (N-methyl/N-ethyl adjacent to an activating group) is 1. The second-order valence-corrected chi connectivity index (χ2v) is 6.92. The topological polar surface area (TPSA) is 70.1 Å². The van der Waals surface area contributed by atoms with E-state index in [1.54, 1.807) is 0 Å². The average molecular weight is 362 g/mol. The summed E-state index contributed by atoms with van der Waals surface area (Å²) in [5.41, 5.74) is 1.14. The molecule has 1 aromatic rings. The first-order valence-corrected chi connectivity index (χ1v) is 9.37. The third-order valence-electron chi connectivity index (χ3n) is 4.85. The van der Waals surface area contributed by atoms with Crippen LogP contribution in [0.25, 0.3) is 0 Å². The van der Waals surface area contributed by atoms with Gasteiger partial charge in [0, 0.05) is 32.2 Å². The van der Waals surface area contributed by atoms with Crippen molar-refractivity contribution in [2.45, 2.75) is 44.8 Å². The number of nitrogens with zero attached hydrogens (tertiary/aromatic N) is 2. The van der Waals surface area contributed by atoms with E-state index in [0.717, 1.165) is 37.8 Å². The Morgan fingerprint density at radius 1 is 1.23 bits per heavy atom. The van der Waals surface area contributed by atoms with E-state index in [2.05, 4.69) is 0 Å². The van der Waals surface area contributed by atoms with E-state index in [1.807, 2.05) is 47.2 Å². The van der Waals surface area contributed by atoms with Gasteiger partial charge in [0.05, 0.1) is 13.2 Å². The van der Waals surface area contributed by atoms with E-state index >= 15 is 0 Å². The summed E-state index contributed by atoms with van der Waals surface area (Å²) < 4.78 is 5.63. The molecule has 0 aromatic heterocycles. The van der Waals surface area contributed by atoms with Crippen LogP contribution in [-0.4, -0.2) is 66.1 Å². The number of aliphatic carboxylic acids is 1. The predicted octanol–water partition coefficient (Wildman–Crippen LogP) is 2.38. The Morgan fingerprint density at radius 2 is 2.00 bits per heavy atom. The molecule has 2 rings (SSSR count). The largest absolute Gasteiger partial charge is 0.480 e. The molecule has 1 saturated heterocycles. The first kappa shape index (κ1) is 20.4. The van der Waals surface area contributed by atoms with Gasteiger partial charge in [-0.2, -0.15) is 0 Å². The lowest BCUT2D eigenvalue weighted by molar-refractivity contribution is -0.138. The summed E-state index contributed by atoms with van der Waals surface area (Å²) in [6.45, 7) is 2.69. The number of likely N-dealkylation sites (tertiary alicyclic amines) is 1. The van der Waals surface area contributed by atoms with E-state index < -0.39 is 5.97 Å². The Bertz CT molecular complexity index is 564. The summed E-state index contributed by atoms with van der Waals surface area (Å²) in [4.78, 5) is 27.1. The van der Waals surface area contributed by atoms with Gasteiger partial charge in [0.15, 0.2) is 0 Å². The zero-order valence-corrected chi connectivity index (χ0v) is 15.6. The lowest BCUT2D eigenvalue weighted by atomic mass is 10.1. The molecular formula is C20H30N2O4. The Balaban J connectivity index is 1.64. The number of hydrogen-bond acceptors (Lipinski definition) is 4. The normalized spacial score (nSPS) is 17.9. The molecule has 1 amide bonds. The number of hydrogen-bond donors (Lipinski definition) is 1. The highest BCUT2D eigenvalue weighted by atomic mass is 16.5. The third kappa shape index (κ3) is 7.14. The molecule has 0 radical (unpaired) electrons. The zero-order chi connectivity index (χ0) is 18.8. The average Bonchev–Trinajstić information content (AvgIpc) is 2.88. The van der Waals surface area contributed by atoms with Crippen LogP contribution in [0.3, 0.4) is 0 Å². The highest BCUT2D eigenvalue weighted by molar-refractivity contribution is 5.76. The van der Waals surface area contributed by atoms with Crippen LogP contribution in [0.15, 0.2) is 30.3 Å². The molecule has 1 fully saturated rings. The molecular weight excluding hydrogens is 332 g/mol. The minimum atomic E-state index is -0.805. The van der Waals surface area contributed by atoms with Crippen molar-refractivity contribution in [3.8, 4) is 0 Å². The summed E-state index contributed by atoms with van der Waals surface area (Å²) in [6, 6.07) is 10.2. The lowest BCUT2D eigenvalue weighted by Crippen LogP contribution is -2.37. The highest BCUT2D eigenvalue weighted by Crippen LogP contribution is 2.16. The minimum Gasteiger partial charge on any atom is -0.480 e. The Hall–Kier alpha value is -1.92. The predicted molar refractivity (Wildman–Crippen MR) is 99.8 cm³/mol. The van der Waals surface area contributed by atoms with Crippen LogP contribution < -0.4 is 0 Å². The maximum atomic E-state index is 12.4.